The summed E-state index contributed by atoms with van der Waals surface area (Å²) in [7, 11) is 1.59. The van der Waals surface area contributed by atoms with Crippen LogP contribution in [-0.4, -0.2) is 45.4 Å². The molecule has 2 aromatic carbocycles. The minimum atomic E-state index is -0.566. The normalized spacial score (nSPS) is 15.0. The highest BCUT2D eigenvalue weighted by Gasteiger charge is 2.19. The molecular formula is C22H28N2O4. The molecule has 1 fully saturated rings. The van der Waals surface area contributed by atoms with Crippen LogP contribution in [0.3, 0.4) is 0 Å². The molecule has 0 bridgehead atoms. The lowest BCUT2D eigenvalue weighted by Crippen LogP contribution is -2.37. The summed E-state index contributed by atoms with van der Waals surface area (Å²) in [5.41, 5.74) is 2.24. The minimum absolute atomic E-state index is 0.134. The second kappa shape index (κ2) is 9.99. The van der Waals surface area contributed by atoms with E-state index in [-0.39, 0.29) is 5.91 Å². The van der Waals surface area contributed by atoms with E-state index in [2.05, 4.69) is 22.3 Å². The van der Waals surface area contributed by atoms with Gasteiger partial charge in [0.05, 0.1) is 20.3 Å². The number of methoxy groups -OCH3 is 1. The molecule has 2 aromatic rings. The summed E-state index contributed by atoms with van der Waals surface area (Å²) in [5.74, 6) is 1.06. The van der Waals surface area contributed by atoms with Gasteiger partial charge in [0.1, 0.15) is 0 Å². The molecule has 1 atom stereocenters. The van der Waals surface area contributed by atoms with E-state index in [1.807, 2.05) is 37.3 Å². The standard InChI is InChI=1S/C22H28N2O4/c1-3-19(28-21-7-5-4-6-20(21)26-2)22(25)23-16-17-8-10-18(11-9-17)24-12-14-27-15-13-24/h4-11,19H,3,12-16H2,1-2H3,(H,23,25). The van der Waals surface area contributed by atoms with Crippen molar-refractivity contribution in [2.75, 3.05) is 38.3 Å². The molecule has 0 saturated carbocycles. The van der Waals surface area contributed by atoms with E-state index in [0.717, 1.165) is 31.9 Å². The Hall–Kier alpha value is -2.73. The number of anilines is 1. The number of para-hydroxylation sites is 2. The van der Waals surface area contributed by atoms with E-state index in [1.54, 1.807) is 13.2 Å². The first-order valence-corrected chi connectivity index (χ1v) is 9.70. The third-order valence-corrected chi connectivity index (χ3v) is 4.78. The van der Waals surface area contributed by atoms with Crippen molar-refractivity contribution < 1.29 is 19.0 Å². The van der Waals surface area contributed by atoms with Crippen LogP contribution >= 0.6 is 0 Å². The largest absolute Gasteiger partial charge is 0.493 e. The zero-order chi connectivity index (χ0) is 19.8. The molecule has 150 valence electrons. The average Bonchev–Trinajstić information content (AvgIpc) is 2.77. The summed E-state index contributed by atoms with van der Waals surface area (Å²) >= 11 is 0. The fraction of sp³-hybridized carbons (Fsp3) is 0.409. The van der Waals surface area contributed by atoms with Crippen LogP contribution in [0.15, 0.2) is 48.5 Å². The van der Waals surface area contributed by atoms with Crippen LogP contribution in [-0.2, 0) is 16.1 Å². The van der Waals surface area contributed by atoms with E-state index in [0.29, 0.717) is 24.5 Å². The van der Waals surface area contributed by atoms with Crippen LogP contribution in [0.5, 0.6) is 11.5 Å². The molecular weight excluding hydrogens is 356 g/mol. The van der Waals surface area contributed by atoms with Gasteiger partial charge in [0.2, 0.25) is 0 Å². The predicted octanol–water partition coefficient (Wildman–Crippen LogP) is 3.01. The first-order valence-electron chi connectivity index (χ1n) is 9.70. The van der Waals surface area contributed by atoms with E-state index in [1.165, 1.54) is 5.69 Å². The fourth-order valence-electron chi connectivity index (χ4n) is 3.14. The summed E-state index contributed by atoms with van der Waals surface area (Å²) < 4.78 is 16.6. The van der Waals surface area contributed by atoms with Gasteiger partial charge in [-0.25, -0.2) is 0 Å². The lowest BCUT2D eigenvalue weighted by atomic mass is 10.1. The van der Waals surface area contributed by atoms with Crippen LogP contribution in [0.25, 0.3) is 0 Å². The number of nitrogens with zero attached hydrogens (tertiary/aromatic N) is 1. The Morgan fingerprint density at radius 1 is 1.11 bits per heavy atom. The van der Waals surface area contributed by atoms with Gasteiger partial charge in [0, 0.05) is 25.3 Å². The van der Waals surface area contributed by atoms with Crippen molar-refractivity contribution in [2.45, 2.75) is 26.0 Å². The van der Waals surface area contributed by atoms with Crippen LogP contribution in [0.2, 0.25) is 0 Å². The quantitative estimate of drug-likeness (QED) is 0.758. The van der Waals surface area contributed by atoms with Crippen molar-refractivity contribution in [1.82, 2.24) is 5.32 Å². The molecule has 1 aliphatic heterocycles. The SMILES string of the molecule is CCC(Oc1ccccc1OC)C(=O)NCc1ccc(N2CCOCC2)cc1. The van der Waals surface area contributed by atoms with Crippen LogP contribution in [0.1, 0.15) is 18.9 Å². The summed E-state index contributed by atoms with van der Waals surface area (Å²) in [6.45, 7) is 5.75. The Kier molecular flexibility index (Phi) is 7.14. The van der Waals surface area contributed by atoms with Crippen molar-refractivity contribution in [1.29, 1.82) is 0 Å². The summed E-state index contributed by atoms with van der Waals surface area (Å²) in [4.78, 5) is 14.9. The predicted molar refractivity (Wildman–Crippen MR) is 109 cm³/mol. The summed E-state index contributed by atoms with van der Waals surface area (Å²) in [6, 6.07) is 15.6. The van der Waals surface area contributed by atoms with Crippen LogP contribution in [0, 0.1) is 0 Å². The number of hydrogen-bond donors (Lipinski definition) is 1. The average molecular weight is 384 g/mol. The van der Waals surface area contributed by atoms with Crippen LogP contribution in [0.4, 0.5) is 5.69 Å². The maximum atomic E-state index is 12.6. The van der Waals surface area contributed by atoms with Crippen molar-refractivity contribution in [2.24, 2.45) is 0 Å². The summed E-state index contributed by atoms with van der Waals surface area (Å²) in [5, 5.41) is 2.97. The van der Waals surface area contributed by atoms with Crippen molar-refractivity contribution in [3.63, 3.8) is 0 Å². The molecule has 1 unspecified atom stereocenters. The Labute approximate surface area is 166 Å². The fourth-order valence-corrected chi connectivity index (χ4v) is 3.14. The number of rotatable bonds is 8. The van der Waals surface area contributed by atoms with Gasteiger partial charge in [-0.3, -0.25) is 4.79 Å². The zero-order valence-corrected chi connectivity index (χ0v) is 16.5. The van der Waals surface area contributed by atoms with Crippen LogP contribution < -0.4 is 19.7 Å². The second-order valence-corrected chi connectivity index (χ2v) is 6.65. The Morgan fingerprint density at radius 3 is 2.43 bits per heavy atom. The van der Waals surface area contributed by atoms with Gasteiger partial charge in [0.25, 0.3) is 5.91 Å². The number of ether oxygens (including phenoxy) is 3. The lowest BCUT2D eigenvalue weighted by molar-refractivity contribution is -0.128. The molecule has 1 heterocycles. The van der Waals surface area contributed by atoms with Gasteiger partial charge in [-0.05, 0) is 36.2 Å². The number of carbonyl (C=O) groups is 1. The molecule has 6 heteroatoms. The highest BCUT2D eigenvalue weighted by Crippen LogP contribution is 2.27. The molecule has 0 aliphatic carbocycles. The maximum absolute atomic E-state index is 12.6. The Balaban J connectivity index is 1.54. The number of hydrogen-bond acceptors (Lipinski definition) is 5. The number of amides is 1. The van der Waals surface area contributed by atoms with E-state index in [4.69, 9.17) is 14.2 Å². The molecule has 1 saturated heterocycles. The smallest absolute Gasteiger partial charge is 0.261 e. The third-order valence-electron chi connectivity index (χ3n) is 4.78. The zero-order valence-electron chi connectivity index (χ0n) is 16.5. The highest BCUT2D eigenvalue weighted by atomic mass is 16.5. The molecule has 1 amide bonds. The monoisotopic (exact) mass is 384 g/mol. The van der Waals surface area contributed by atoms with E-state index in [9.17, 15) is 4.79 Å². The highest BCUT2D eigenvalue weighted by molar-refractivity contribution is 5.81. The molecule has 3 rings (SSSR count). The minimum Gasteiger partial charge on any atom is -0.493 e. The molecule has 6 nitrogen and oxygen atoms in total. The van der Waals surface area contributed by atoms with Gasteiger partial charge in [-0.15, -0.1) is 0 Å². The molecule has 0 aromatic heterocycles. The molecule has 0 radical (unpaired) electrons. The van der Waals surface area contributed by atoms with Crippen molar-refractivity contribution in [3.05, 3.63) is 54.1 Å². The number of morpholine rings is 1. The van der Waals surface area contributed by atoms with Gasteiger partial charge in [0.15, 0.2) is 17.6 Å². The van der Waals surface area contributed by atoms with E-state index < -0.39 is 6.10 Å². The molecule has 0 spiro atoms. The van der Waals surface area contributed by atoms with Gasteiger partial charge >= 0.3 is 0 Å². The first kappa shape index (κ1) is 20.0. The van der Waals surface area contributed by atoms with Crippen molar-refractivity contribution >= 4 is 11.6 Å². The molecule has 1 N–H and O–H groups in total. The number of benzene rings is 2. The van der Waals surface area contributed by atoms with E-state index >= 15 is 0 Å². The molecule has 1 aliphatic rings. The lowest BCUT2D eigenvalue weighted by Gasteiger charge is -2.29. The Bertz CT molecular complexity index is 757. The second-order valence-electron chi connectivity index (χ2n) is 6.65. The van der Waals surface area contributed by atoms with Gasteiger partial charge in [-0.1, -0.05) is 31.2 Å². The number of nitrogens with one attached hydrogen (secondary N) is 1. The number of carbonyl (C=O) groups excluding carboxylic acids is 1. The summed E-state index contributed by atoms with van der Waals surface area (Å²) in [6.07, 6.45) is 0.00348. The maximum Gasteiger partial charge on any atom is 0.261 e. The van der Waals surface area contributed by atoms with Gasteiger partial charge in [-0.2, -0.15) is 0 Å². The molecule has 28 heavy (non-hydrogen) atoms. The topological polar surface area (TPSA) is 60.0 Å². The van der Waals surface area contributed by atoms with Crippen molar-refractivity contribution in [3.8, 4) is 11.5 Å². The first-order chi connectivity index (χ1) is 13.7. The Morgan fingerprint density at radius 2 is 1.79 bits per heavy atom. The van der Waals surface area contributed by atoms with Gasteiger partial charge < -0.3 is 24.4 Å². The third kappa shape index (κ3) is 5.16.